The normalized spacial score (nSPS) is 19.0. The largest absolute Gasteiger partial charge is 0.506 e. The van der Waals surface area contributed by atoms with Gasteiger partial charge in [-0.2, -0.15) is 0 Å². The Morgan fingerprint density at radius 2 is 1.28 bits per heavy atom. The van der Waals surface area contributed by atoms with E-state index in [1.165, 1.54) is 22.3 Å². The number of phenols is 3. The minimum atomic E-state index is -0.0402. The van der Waals surface area contributed by atoms with Gasteiger partial charge in [0.25, 0.3) is 0 Å². The molecule has 0 spiro atoms. The van der Waals surface area contributed by atoms with Crippen LogP contribution in [0.1, 0.15) is 45.2 Å². The summed E-state index contributed by atoms with van der Waals surface area (Å²) in [6.45, 7) is 3.71. The predicted molar refractivity (Wildman–Crippen MR) is 157 cm³/mol. The quantitative estimate of drug-likeness (QED) is 0.232. The molecule has 0 aliphatic carbocycles. The molecular weight excluding hydrogens is 508 g/mol. The monoisotopic (exact) mass is 542 g/mol. The highest BCUT2D eigenvalue weighted by atomic mass is 35.5. The number of fused-ring (bicyclic) bond motifs is 2. The molecule has 5 nitrogen and oxygen atoms in total. The van der Waals surface area contributed by atoms with Crippen molar-refractivity contribution in [3.8, 4) is 17.2 Å². The van der Waals surface area contributed by atoms with Crippen molar-refractivity contribution in [3.63, 3.8) is 0 Å². The average molecular weight is 543 g/mol. The van der Waals surface area contributed by atoms with Gasteiger partial charge in [0.15, 0.2) is 11.5 Å². The van der Waals surface area contributed by atoms with Gasteiger partial charge in [0, 0.05) is 31.5 Å². The third-order valence-corrected chi connectivity index (χ3v) is 8.08. The molecule has 4 aromatic carbocycles. The fourth-order valence-electron chi connectivity index (χ4n) is 5.68. The van der Waals surface area contributed by atoms with Gasteiger partial charge in [-0.3, -0.25) is 0 Å². The molecule has 0 fully saturated rings. The number of phenolic OH excluding ortho intramolecular Hbond substituents is 3. The smallest absolute Gasteiger partial charge is 0.157 e. The van der Waals surface area contributed by atoms with Gasteiger partial charge in [-0.15, -0.1) is 0 Å². The van der Waals surface area contributed by atoms with E-state index in [4.69, 9.17) is 11.6 Å². The summed E-state index contributed by atoms with van der Waals surface area (Å²) in [5.74, 6) is 0.594. The molecule has 6 heteroatoms. The van der Waals surface area contributed by atoms with Crippen LogP contribution in [0.5, 0.6) is 17.2 Å². The van der Waals surface area contributed by atoms with Crippen molar-refractivity contribution < 1.29 is 15.3 Å². The minimum Gasteiger partial charge on any atom is -0.506 e. The maximum atomic E-state index is 9.95. The number of nitrogens with zero attached hydrogens (tertiary/aromatic N) is 1. The predicted octanol–water partition coefficient (Wildman–Crippen LogP) is 6.04. The number of hydrogen-bond donors (Lipinski definition) is 4. The molecule has 0 aromatic heterocycles. The number of nitrogens with one attached hydrogen (secondary N) is 1. The third-order valence-electron chi connectivity index (χ3n) is 7.78. The SMILES string of the molecule is CN1CCc2cc(Cl)c(O)cc2C(c2ccccc2)C1.Oc1cc2c(cc1O)C(c1ccccc1)CNCC2. The highest BCUT2D eigenvalue weighted by Gasteiger charge is 2.24. The van der Waals surface area contributed by atoms with Crippen LogP contribution in [0.25, 0.3) is 0 Å². The van der Waals surface area contributed by atoms with Gasteiger partial charge < -0.3 is 25.5 Å². The van der Waals surface area contributed by atoms with Crippen LogP contribution in [0, 0.1) is 0 Å². The van der Waals surface area contributed by atoms with E-state index < -0.39 is 0 Å². The van der Waals surface area contributed by atoms with Crippen LogP contribution in [-0.2, 0) is 12.8 Å². The Bertz CT molecular complexity index is 1410. The van der Waals surface area contributed by atoms with Crippen molar-refractivity contribution >= 4 is 11.6 Å². The van der Waals surface area contributed by atoms with Gasteiger partial charge in [0.1, 0.15) is 5.75 Å². The average Bonchev–Trinajstić information content (AvgIpc) is 3.25. The number of halogens is 1. The lowest BCUT2D eigenvalue weighted by Crippen LogP contribution is -2.24. The second kappa shape index (κ2) is 12.1. The van der Waals surface area contributed by atoms with Gasteiger partial charge in [-0.25, -0.2) is 0 Å². The second-order valence-electron chi connectivity index (χ2n) is 10.4. The van der Waals surface area contributed by atoms with Crippen molar-refractivity contribution in [2.75, 3.05) is 33.2 Å². The first kappa shape index (κ1) is 27.1. The Morgan fingerprint density at radius 3 is 1.97 bits per heavy atom. The Kier molecular flexibility index (Phi) is 8.41. The maximum Gasteiger partial charge on any atom is 0.157 e. The molecular formula is C33H35ClN2O3. The van der Waals surface area contributed by atoms with Crippen LogP contribution >= 0.6 is 11.6 Å². The lowest BCUT2D eigenvalue weighted by molar-refractivity contribution is 0.338. The summed E-state index contributed by atoms with van der Waals surface area (Å²) in [7, 11) is 2.14. The molecule has 0 saturated heterocycles. The highest BCUT2D eigenvalue weighted by molar-refractivity contribution is 6.32. The zero-order valence-corrected chi connectivity index (χ0v) is 22.9. The Morgan fingerprint density at radius 1 is 0.718 bits per heavy atom. The summed E-state index contributed by atoms with van der Waals surface area (Å²) >= 11 is 6.07. The van der Waals surface area contributed by atoms with Crippen LogP contribution in [0.2, 0.25) is 5.02 Å². The Hall–Kier alpha value is -3.51. The molecule has 2 atom stereocenters. The Labute approximate surface area is 235 Å². The van der Waals surface area contributed by atoms with Crippen molar-refractivity contribution in [3.05, 3.63) is 123 Å². The Balaban J connectivity index is 0.000000158. The van der Waals surface area contributed by atoms with E-state index in [2.05, 4.69) is 53.7 Å². The van der Waals surface area contributed by atoms with Crippen LogP contribution in [0.3, 0.4) is 0 Å². The van der Waals surface area contributed by atoms with E-state index in [0.717, 1.165) is 50.1 Å². The molecule has 39 heavy (non-hydrogen) atoms. The molecule has 0 saturated carbocycles. The number of rotatable bonds is 2. The first-order valence-corrected chi connectivity index (χ1v) is 13.8. The fraction of sp³-hybridized carbons (Fsp3) is 0.273. The van der Waals surface area contributed by atoms with Gasteiger partial charge >= 0.3 is 0 Å². The second-order valence-corrected chi connectivity index (χ2v) is 10.8. The van der Waals surface area contributed by atoms with Crippen LogP contribution in [0.15, 0.2) is 84.9 Å². The van der Waals surface area contributed by atoms with E-state index in [9.17, 15) is 15.3 Å². The van der Waals surface area contributed by atoms with Gasteiger partial charge in [-0.1, -0.05) is 72.3 Å². The summed E-state index contributed by atoms with van der Waals surface area (Å²) in [5, 5.41) is 33.2. The highest BCUT2D eigenvalue weighted by Crippen LogP contribution is 2.37. The number of hydrogen-bond acceptors (Lipinski definition) is 5. The molecule has 2 aliphatic rings. The number of benzene rings is 4. The van der Waals surface area contributed by atoms with E-state index in [1.807, 2.05) is 36.4 Å². The zero-order chi connectivity index (χ0) is 27.4. The van der Waals surface area contributed by atoms with Gasteiger partial charge in [-0.05, 0) is 84.1 Å². The minimum absolute atomic E-state index is 0.0348. The maximum absolute atomic E-state index is 9.95. The summed E-state index contributed by atoms with van der Waals surface area (Å²) in [4.78, 5) is 2.34. The zero-order valence-electron chi connectivity index (χ0n) is 22.1. The molecule has 6 rings (SSSR count). The molecule has 202 valence electrons. The molecule has 4 N–H and O–H groups in total. The van der Waals surface area contributed by atoms with E-state index >= 15 is 0 Å². The van der Waals surface area contributed by atoms with Crippen molar-refractivity contribution in [2.45, 2.75) is 24.7 Å². The molecule has 0 radical (unpaired) electrons. The molecule has 2 heterocycles. The molecule has 2 unspecified atom stereocenters. The lowest BCUT2D eigenvalue weighted by Gasteiger charge is -2.22. The molecule has 2 aliphatic heterocycles. The van der Waals surface area contributed by atoms with Gasteiger partial charge in [0.2, 0.25) is 0 Å². The fourth-order valence-corrected chi connectivity index (χ4v) is 5.87. The summed E-state index contributed by atoms with van der Waals surface area (Å²) < 4.78 is 0. The topological polar surface area (TPSA) is 76.0 Å². The van der Waals surface area contributed by atoms with E-state index in [-0.39, 0.29) is 29.1 Å². The molecule has 4 aromatic rings. The molecule has 0 amide bonds. The summed E-state index contributed by atoms with van der Waals surface area (Å²) in [6, 6.07) is 27.9. The van der Waals surface area contributed by atoms with Crippen molar-refractivity contribution in [1.82, 2.24) is 10.2 Å². The van der Waals surface area contributed by atoms with Crippen LogP contribution in [0.4, 0.5) is 0 Å². The number of likely N-dealkylation sites (N-methyl/N-ethyl adjacent to an activating group) is 1. The van der Waals surface area contributed by atoms with Crippen LogP contribution in [-0.4, -0.2) is 53.4 Å². The third kappa shape index (κ3) is 6.22. The number of aromatic hydroxyl groups is 3. The van der Waals surface area contributed by atoms with Crippen LogP contribution < -0.4 is 5.32 Å². The van der Waals surface area contributed by atoms with Crippen molar-refractivity contribution in [2.24, 2.45) is 0 Å². The van der Waals surface area contributed by atoms with Crippen molar-refractivity contribution in [1.29, 1.82) is 0 Å². The van der Waals surface area contributed by atoms with E-state index in [1.54, 1.807) is 12.1 Å². The standard InChI is InChI=1S/C17H18ClNO.C16H17NO2/c1-19-8-7-13-9-16(18)17(20)10-14(13)15(11-19)12-5-3-2-4-6-12;18-15-8-12-6-7-17-10-14(13(12)9-16(15)19)11-4-2-1-3-5-11/h2-6,9-10,15,20H,7-8,11H2,1H3;1-5,8-9,14,17-19H,6-7,10H2. The van der Waals surface area contributed by atoms with E-state index in [0.29, 0.717) is 5.02 Å². The molecule has 0 bridgehead atoms. The first-order valence-electron chi connectivity index (χ1n) is 13.5. The summed E-state index contributed by atoms with van der Waals surface area (Å²) in [5.41, 5.74) is 7.15. The first-order chi connectivity index (χ1) is 18.9. The summed E-state index contributed by atoms with van der Waals surface area (Å²) in [6.07, 6.45) is 1.83. The van der Waals surface area contributed by atoms with Gasteiger partial charge in [0.05, 0.1) is 5.02 Å². The lowest BCUT2D eigenvalue weighted by atomic mass is 9.88.